The molecule has 1 aromatic heterocycles. The van der Waals surface area contributed by atoms with Gasteiger partial charge in [-0.1, -0.05) is 32.0 Å². The van der Waals surface area contributed by atoms with Gasteiger partial charge in [0.2, 0.25) is 29.9 Å². The van der Waals surface area contributed by atoms with Crippen LogP contribution in [0, 0.1) is 5.92 Å². The van der Waals surface area contributed by atoms with Crippen molar-refractivity contribution in [2.45, 2.75) is 95.4 Å². The molecule has 263 valence electrons. The molecule has 0 aliphatic rings. The number of carboxylic acids is 2. The molecule has 0 fully saturated rings. The molecule has 1 aromatic carbocycles. The molecule has 0 saturated heterocycles. The summed E-state index contributed by atoms with van der Waals surface area (Å²) in [5.74, 6) is -6.06. The second-order valence-electron chi connectivity index (χ2n) is 12.0. The lowest BCUT2D eigenvalue weighted by Crippen LogP contribution is -2.58. The lowest BCUT2D eigenvalue weighted by molar-refractivity contribution is -0.141. The minimum absolute atomic E-state index is 0.0920. The van der Waals surface area contributed by atoms with Gasteiger partial charge in [0.25, 0.3) is 0 Å². The number of fused-ring (bicyclic) bond motifs is 1. The monoisotopic (exact) mass is 672 g/mol. The van der Waals surface area contributed by atoms with Crippen molar-refractivity contribution in [1.82, 2.24) is 26.3 Å². The summed E-state index contributed by atoms with van der Waals surface area (Å²) in [5, 5.41) is 29.2. The van der Waals surface area contributed by atoms with Gasteiger partial charge in [-0.3, -0.25) is 33.6 Å². The van der Waals surface area contributed by atoms with Gasteiger partial charge in [0.05, 0.1) is 18.5 Å². The Morgan fingerprint density at radius 1 is 0.833 bits per heavy atom. The largest absolute Gasteiger partial charge is 0.481 e. The van der Waals surface area contributed by atoms with Crippen molar-refractivity contribution in [2.75, 3.05) is 6.54 Å². The van der Waals surface area contributed by atoms with Crippen LogP contribution in [0.5, 0.6) is 0 Å². The Morgan fingerprint density at radius 2 is 1.46 bits per heavy atom. The number of benzene rings is 1. The summed E-state index contributed by atoms with van der Waals surface area (Å²) in [6, 6.07) is 1.04. The summed E-state index contributed by atoms with van der Waals surface area (Å²) in [6.45, 7) is 3.85. The van der Waals surface area contributed by atoms with Gasteiger partial charge in [-0.25, -0.2) is 0 Å². The minimum atomic E-state index is -1.65. The number of aliphatic carboxylic acids is 2. The first kappa shape index (κ1) is 39.3. The van der Waals surface area contributed by atoms with Gasteiger partial charge in [-0.2, -0.15) is 0 Å². The fraction of sp³-hybridized carbons (Fsp3) is 0.531. The van der Waals surface area contributed by atoms with Gasteiger partial charge in [0, 0.05) is 29.9 Å². The van der Waals surface area contributed by atoms with Crippen LogP contribution in [0.3, 0.4) is 0 Å². The molecule has 0 aliphatic carbocycles. The molecular weight excluding hydrogens is 626 g/mol. The van der Waals surface area contributed by atoms with Crippen molar-refractivity contribution in [3.63, 3.8) is 0 Å². The zero-order valence-electron chi connectivity index (χ0n) is 27.1. The Morgan fingerprint density at radius 3 is 2.08 bits per heavy atom. The molecule has 1 radical (unpaired) electrons. The number of amides is 4. The zero-order valence-corrected chi connectivity index (χ0v) is 27.1. The lowest BCUT2D eigenvalue weighted by Gasteiger charge is -2.26. The minimum Gasteiger partial charge on any atom is -0.481 e. The maximum Gasteiger partial charge on any atom is 0.305 e. The number of carboxylic acid groups (broad SMARTS) is 2. The Bertz CT molecular complexity index is 1430. The van der Waals surface area contributed by atoms with Crippen molar-refractivity contribution in [2.24, 2.45) is 17.4 Å². The normalized spacial score (nSPS) is 14.3. The maximum absolute atomic E-state index is 13.4. The van der Waals surface area contributed by atoms with Gasteiger partial charge in [0.1, 0.15) is 18.1 Å². The summed E-state index contributed by atoms with van der Waals surface area (Å²) in [4.78, 5) is 90.2. The number of hydrogen-bond donors (Lipinski definition) is 9. The lowest BCUT2D eigenvalue weighted by atomic mass is 10.0. The third-order valence-electron chi connectivity index (χ3n) is 7.50. The van der Waals surface area contributed by atoms with Crippen LogP contribution in [-0.4, -0.2) is 93.8 Å². The SMILES string of the molecule is CC(C)C[C@H](NC(=O)[C@@H](N)CCC(=O)O)C(=O)N[C@@H](CC(=O)O)C(=O)N[C@@H](CCCCN)C(=O)N[C@H]([C]=O)Cc1c[nH]c2ccccc12. The van der Waals surface area contributed by atoms with E-state index >= 15 is 0 Å². The first-order chi connectivity index (χ1) is 22.7. The third-order valence-corrected chi connectivity index (χ3v) is 7.50. The van der Waals surface area contributed by atoms with Crippen molar-refractivity contribution in [3.05, 3.63) is 36.0 Å². The number of nitrogens with one attached hydrogen (secondary N) is 5. The number of aromatic nitrogens is 1. The molecule has 0 saturated carbocycles. The number of aromatic amines is 1. The Kier molecular flexibility index (Phi) is 16.2. The quantitative estimate of drug-likeness (QED) is 0.0726. The standard InChI is InChI=1S/C32H46N7O9/c1-18(2)13-25(38-29(45)22(34)10-11-27(41)42)31(47)39-26(15-28(43)44)32(48)37-24(9-5-6-12-33)30(46)36-20(17-40)14-19-16-35-23-8-4-3-7-21(19)23/h3-4,7-8,16,18,20,22,24-26,35H,5-6,9-15,33-34H2,1-2H3,(H,36,46)(H,37,48)(H,38,45)(H,39,47)(H,41,42)(H,43,44)/t20-,22-,24-,25-,26-/m0/s1. The van der Waals surface area contributed by atoms with Gasteiger partial charge < -0.3 is 47.9 Å². The predicted octanol–water partition coefficient (Wildman–Crippen LogP) is -0.399. The van der Waals surface area contributed by atoms with Crippen molar-refractivity contribution in [1.29, 1.82) is 0 Å². The summed E-state index contributed by atoms with van der Waals surface area (Å²) in [7, 11) is 0. The van der Waals surface area contributed by atoms with E-state index in [9.17, 15) is 38.7 Å². The van der Waals surface area contributed by atoms with Crippen LogP contribution in [0.2, 0.25) is 0 Å². The highest BCUT2D eigenvalue weighted by molar-refractivity contribution is 5.96. The van der Waals surface area contributed by atoms with E-state index in [2.05, 4.69) is 26.3 Å². The molecule has 11 N–H and O–H groups in total. The van der Waals surface area contributed by atoms with Crippen LogP contribution in [0.15, 0.2) is 30.5 Å². The van der Waals surface area contributed by atoms with Crippen LogP contribution in [-0.2, 0) is 40.0 Å². The molecule has 5 atom stereocenters. The Balaban J connectivity index is 2.20. The smallest absolute Gasteiger partial charge is 0.305 e. The second kappa shape index (κ2) is 19.7. The maximum atomic E-state index is 13.4. The molecule has 0 bridgehead atoms. The predicted molar refractivity (Wildman–Crippen MR) is 175 cm³/mol. The van der Waals surface area contributed by atoms with Crippen LogP contribution < -0.4 is 32.7 Å². The number of carbonyl (C=O) groups excluding carboxylic acids is 5. The summed E-state index contributed by atoms with van der Waals surface area (Å²) in [6.07, 6.45) is 3.37. The van der Waals surface area contributed by atoms with Crippen molar-refractivity contribution < 1.29 is 43.8 Å². The van der Waals surface area contributed by atoms with E-state index in [0.29, 0.717) is 19.4 Å². The van der Waals surface area contributed by atoms with E-state index in [1.807, 2.05) is 30.6 Å². The topological polar surface area (TPSA) is 276 Å². The molecule has 2 aromatic rings. The van der Waals surface area contributed by atoms with Gasteiger partial charge >= 0.3 is 11.9 Å². The fourth-order valence-corrected chi connectivity index (χ4v) is 5.00. The van der Waals surface area contributed by atoms with Gasteiger partial charge in [-0.15, -0.1) is 0 Å². The van der Waals surface area contributed by atoms with E-state index in [-0.39, 0.29) is 38.0 Å². The second-order valence-corrected chi connectivity index (χ2v) is 12.0. The number of unbranched alkanes of at least 4 members (excludes halogenated alkanes) is 1. The number of nitrogens with two attached hydrogens (primary N) is 2. The molecule has 1 heterocycles. The van der Waals surface area contributed by atoms with Crippen molar-refractivity contribution in [3.8, 4) is 0 Å². The summed E-state index contributed by atoms with van der Waals surface area (Å²) >= 11 is 0. The van der Waals surface area contributed by atoms with Crippen LogP contribution in [0.4, 0.5) is 0 Å². The number of carbonyl (C=O) groups is 6. The third kappa shape index (κ3) is 13.1. The first-order valence-electron chi connectivity index (χ1n) is 15.8. The molecular formula is C32H46N7O9. The van der Waals surface area contributed by atoms with Crippen molar-refractivity contribution >= 4 is 52.8 Å². The first-order valence-corrected chi connectivity index (χ1v) is 15.8. The van der Waals surface area contributed by atoms with E-state index in [1.54, 1.807) is 20.0 Å². The average Bonchev–Trinajstić information content (AvgIpc) is 3.44. The van der Waals surface area contributed by atoms with E-state index in [4.69, 9.17) is 16.6 Å². The van der Waals surface area contributed by atoms with E-state index in [1.165, 1.54) is 0 Å². The summed E-state index contributed by atoms with van der Waals surface area (Å²) < 4.78 is 0. The van der Waals surface area contributed by atoms with Crippen LogP contribution in [0.25, 0.3) is 10.9 Å². The average molecular weight is 673 g/mol. The molecule has 0 spiro atoms. The summed E-state index contributed by atoms with van der Waals surface area (Å²) in [5.41, 5.74) is 13.0. The number of H-pyrrole nitrogens is 1. The molecule has 16 heteroatoms. The Labute approximate surface area is 278 Å². The molecule has 2 rings (SSSR count). The molecule has 48 heavy (non-hydrogen) atoms. The fourth-order valence-electron chi connectivity index (χ4n) is 5.00. The number of hydrogen-bond acceptors (Lipinski definition) is 9. The van der Waals surface area contributed by atoms with E-state index in [0.717, 1.165) is 16.5 Å². The highest BCUT2D eigenvalue weighted by Crippen LogP contribution is 2.19. The molecule has 4 amide bonds. The highest BCUT2D eigenvalue weighted by Gasteiger charge is 2.32. The van der Waals surface area contributed by atoms with Crippen LogP contribution >= 0.6 is 0 Å². The van der Waals surface area contributed by atoms with Crippen LogP contribution in [0.1, 0.15) is 64.4 Å². The zero-order chi connectivity index (χ0) is 35.8. The van der Waals surface area contributed by atoms with Gasteiger partial charge in [-0.05, 0) is 56.2 Å². The Hall–Kier alpha value is -4.83. The number of rotatable bonds is 22. The number of para-hydroxylation sites is 1. The van der Waals surface area contributed by atoms with E-state index < -0.39 is 72.2 Å². The van der Waals surface area contributed by atoms with Gasteiger partial charge in [0.15, 0.2) is 0 Å². The molecule has 0 aliphatic heterocycles. The molecule has 16 nitrogen and oxygen atoms in total. The molecule has 0 unspecified atom stereocenters. The highest BCUT2D eigenvalue weighted by atomic mass is 16.4.